The van der Waals surface area contributed by atoms with Crippen molar-refractivity contribution in [3.05, 3.63) is 26.6 Å². The van der Waals surface area contributed by atoms with Crippen molar-refractivity contribution in [3.8, 4) is 0 Å². The summed E-state index contributed by atoms with van der Waals surface area (Å²) in [4.78, 5) is 46.9. The predicted molar refractivity (Wildman–Crippen MR) is 111 cm³/mol. The molecule has 9 heteroatoms. The molecule has 0 saturated heterocycles. The zero-order valence-corrected chi connectivity index (χ0v) is 18.2. The van der Waals surface area contributed by atoms with Gasteiger partial charge in [0.25, 0.3) is 5.56 Å². The van der Waals surface area contributed by atoms with E-state index in [0.717, 1.165) is 15.3 Å². The average molecular weight is 411 g/mol. The molecule has 0 spiro atoms. The number of likely N-dealkylation sites (N-methyl/N-ethyl adjacent to an activating group) is 1. The van der Waals surface area contributed by atoms with Crippen molar-refractivity contribution in [1.82, 2.24) is 20.2 Å². The van der Waals surface area contributed by atoms with E-state index in [1.165, 1.54) is 28.0 Å². The van der Waals surface area contributed by atoms with Gasteiger partial charge in [-0.2, -0.15) is 0 Å². The summed E-state index contributed by atoms with van der Waals surface area (Å²) in [5.41, 5.74) is 0.498. The van der Waals surface area contributed by atoms with Gasteiger partial charge in [-0.25, -0.2) is 4.98 Å². The minimum atomic E-state index is -0.329. The van der Waals surface area contributed by atoms with Gasteiger partial charge >= 0.3 is 0 Å². The van der Waals surface area contributed by atoms with Crippen LogP contribution in [0.3, 0.4) is 0 Å². The summed E-state index contributed by atoms with van der Waals surface area (Å²) in [6, 6.07) is 0. The molecular weight excluding hydrogens is 384 g/mol. The molecule has 0 aliphatic heterocycles. The number of aromatic amines is 1. The second kappa shape index (κ2) is 8.43. The van der Waals surface area contributed by atoms with E-state index in [4.69, 9.17) is 0 Å². The van der Waals surface area contributed by atoms with E-state index in [1.807, 2.05) is 34.6 Å². The van der Waals surface area contributed by atoms with Crippen LogP contribution in [0.5, 0.6) is 0 Å². The fraction of sp³-hybridized carbons (Fsp3) is 0.556. The quantitative estimate of drug-likeness (QED) is 0.761. The Hall–Kier alpha value is -1.87. The van der Waals surface area contributed by atoms with Gasteiger partial charge in [-0.1, -0.05) is 0 Å². The maximum Gasteiger partial charge on any atom is 0.259 e. The first-order valence-corrected chi connectivity index (χ1v) is 10.6. The highest BCUT2D eigenvalue weighted by Gasteiger charge is 2.18. The number of aryl methyl sites for hydroxylation is 2. The molecule has 2 aromatic rings. The number of nitrogens with one attached hydrogen (secondary N) is 2. The Balaban J connectivity index is 1.90. The molecule has 0 bridgehead atoms. The number of nitrogens with zero attached hydrogens (tertiary/aromatic N) is 2. The van der Waals surface area contributed by atoms with Crippen LogP contribution < -0.4 is 10.9 Å². The molecule has 2 N–H and O–H groups in total. The lowest BCUT2D eigenvalue weighted by molar-refractivity contribution is -0.133. The fourth-order valence-corrected chi connectivity index (χ4v) is 4.35. The van der Waals surface area contributed by atoms with Crippen LogP contribution in [-0.2, 0) is 15.3 Å². The van der Waals surface area contributed by atoms with Crippen LogP contribution in [0, 0.1) is 13.8 Å². The first-order chi connectivity index (χ1) is 12.5. The lowest BCUT2D eigenvalue weighted by Gasteiger charge is -2.23. The SMILES string of the molecule is Cc1sc2nc(CSCC(=O)N(C)CC(=O)NC(C)(C)C)[nH]c(=O)c2c1C. The first-order valence-electron chi connectivity index (χ1n) is 8.59. The van der Waals surface area contributed by atoms with Gasteiger partial charge in [-0.3, -0.25) is 14.4 Å². The molecule has 0 aliphatic carbocycles. The van der Waals surface area contributed by atoms with Crippen LogP contribution in [0.2, 0.25) is 0 Å². The highest BCUT2D eigenvalue weighted by Crippen LogP contribution is 2.26. The van der Waals surface area contributed by atoms with Crippen LogP contribution in [0.25, 0.3) is 10.2 Å². The Kier molecular flexibility index (Phi) is 6.69. The molecule has 2 rings (SSSR count). The summed E-state index contributed by atoms with van der Waals surface area (Å²) in [5.74, 6) is 0.858. The zero-order valence-electron chi connectivity index (χ0n) is 16.6. The van der Waals surface area contributed by atoms with Gasteiger partial charge in [-0.15, -0.1) is 23.1 Å². The Morgan fingerprint density at radius 3 is 2.59 bits per heavy atom. The molecule has 0 saturated carbocycles. The standard InChI is InChI=1S/C18H26N4O3S2/c1-10-11(2)27-17-15(10)16(25)19-12(20-17)8-26-9-14(24)22(6)7-13(23)21-18(3,4)5/h7-9H2,1-6H3,(H,21,23)(H,19,20,25). The number of aromatic nitrogens is 2. The molecule has 0 aromatic carbocycles. The maximum atomic E-state index is 12.3. The van der Waals surface area contributed by atoms with Crippen LogP contribution in [0.1, 0.15) is 37.0 Å². The Morgan fingerprint density at radius 1 is 1.30 bits per heavy atom. The lowest BCUT2D eigenvalue weighted by Crippen LogP contribution is -2.46. The number of rotatable bonds is 6. The third-order valence-electron chi connectivity index (χ3n) is 3.87. The maximum absolute atomic E-state index is 12.3. The molecular formula is C18H26N4O3S2. The third-order valence-corrected chi connectivity index (χ3v) is 5.90. The summed E-state index contributed by atoms with van der Waals surface area (Å²) in [7, 11) is 1.61. The number of fused-ring (bicyclic) bond motifs is 1. The van der Waals surface area contributed by atoms with E-state index in [1.54, 1.807) is 7.05 Å². The van der Waals surface area contributed by atoms with Gasteiger partial charge in [0.1, 0.15) is 10.7 Å². The molecule has 0 fully saturated rings. The van der Waals surface area contributed by atoms with Crippen molar-refractivity contribution in [2.45, 2.75) is 45.9 Å². The predicted octanol–water partition coefficient (Wildman–Crippen LogP) is 2.21. The molecule has 27 heavy (non-hydrogen) atoms. The van der Waals surface area contributed by atoms with E-state index in [2.05, 4.69) is 15.3 Å². The third kappa shape index (κ3) is 5.80. The van der Waals surface area contributed by atoms with E-state index in [-0.39, 0.29) is 35.2 Å². The molecule has 7 nitrogen and oxygen atoms in total. The number of thiophene rings is 1. The first kappa shape index (κ1) is 21.4. The van der Waals surface area contributed by atoms with Crippen LogP contribution in [0.15, 0.2) is 4.79 Å². The molecule has 148 valence electrons. The summed E-state index contributed by atoms with van der Waals surface area (Å²) in [6.45, 7) is 9.59. The van der Waals surface area contributed by atoms with Crippen LogP contribution >= 0.6 is 23.1 Å². The van der Waals surface area contributed by atoms with Gasteiger partial charge in [-0.05, 0) is 40.2 Å². The van der Waals surface area contributed by atoms with E-state index < -0.39 is 0 Å². The van der Waals surface area contributed by atoms with Crippen molar-refractivity contribution in [3.63, 3.8) is 0 Å². The highest BCUT2D eigenvalue weighted by molar-refractivity contribution is 7.99. The number of carbonyl (C=O) groups is 2. The van der Waals surface area contributed by atoms with Gasteiger partial charge < -0.3 is 15.2 Å². The smallest absolute Gasteiger partial charge is 0.259 e. The van der Waals surface area contributed by atoms with Gasteiger partial charge in [0, 0.05) is 17.5 Å². The Bertz CT molecular complexity index is 912. The molecule has 2 amide bonds. The minimum absolute atomic E-state index is 0.0193. The normalized spacial score (nSPS) is 11.6. The van der Waals surface area contributed by atoms with Crippen LogP contribution in [-0.4, -0.2) is 51.6 Å². The highest BCUT2D eigenvalue weighted by atomic mass is 32.2. The lowest BCUT2D eigenvalue weighted by atomic mass is 10.1. The molecule has 0 aliphatic rings. The average Bonchev–Trinajstić information content (AvgIpc) is 2.80. The number of amides is 2. The monoisotopic (exact) mass is 410 g/mol. The number of thioether (sulfide) groups is 1. The van der Waals surface area contributed by atoms with Crippen molar-refractivity contribution in [1.29, 1.82) is 0 Å². The number of hydrogen-bond acceptors (Lipinski definition) is 6. The van der Waals surface area contributed by atoms with Crippen molar-refractivity contribution < 1.29 is 9.59 Å². The van der Waals surface area contributed by atoms with E-state index in [0.29, 0.717) is 17.0 Å². The largest absolute Gasteiger partial charge is 0.350 e. The van der Waals surface area contributed by atoms with Gasteiger partial charge in [0.05, 0.1) is 23.4 Å². The molecule has 2 heterocycles. The van der Waals surface area contributed by atoms with Crippen molar-refractivity contribution >= 4 is 45.1 Å². The van der Waals surface area contributed by atoms with Crippen LogP contribution in [0.4, 0.5) is 0 Å². The Labute approximate surface area is 166 Å². The molecule has 2 aromatic heterocycles. The van der Waals surface area contributed by atoms with Crippen molar-refractivity contribution in [2.75, 3.05) is 19.3 Å². The molecule has 0 atom stereocenters. The molecule has 0 unspecified atom stereocenters. The number of H-pyrrole nitrogens is 1. The Morgan fingerprint density at radius 2 is 1.96 bits per heavy atom. The summed E-state index contributed by atoms with van der Waals surface area (Å²) in [5, 5.41) is 3.47. The zero-order chi connectivity index (χ0) is 20.4. The number of carbonyl (C=O) groups excluding carboxylic acids is 2. The number of hydrogen-bond donors (Lipinski definition) is 2. The summed E-state index contributed by atoms with van der Waals surface area (Å²) >= 11 is 2.86. The van der Waals surface area contributed by atoms with Gasteiger partial charge in [0.15, 0.2) is 0 Å². The summed E-state index contributed by atoms with van der Waals surface area (Å²) < 4.78 is 0. The molecule has 0 radical (unpaired) electrons. The second-order valence-electron chi connectivity index (χ2n) is 7.52. The van der Waals surface area contributed by atoms with Gasteiger partial charge in [0.2, 0.25) is 11.8 Å². The van der Waals surface area contributed by atoms with Crippen molar-refractivity contribution in [2.24, 2.45) is 0 Å². The minimum Gasteiger partial charge on any atom is -0.350 e. The summed E-state index contributed by atoms with van der Waals surface area (Å²) in [6.07, 6.45) is 0. The second-order valence-corrected chi connectivity index (χ2v) is 9.71. The fourth-order valence-electron chi connectivity index (χ4n) is 2.47. The van der Waals surface area contributed by atoms with E-state index >= 15 is 0 Å². The topological polar surface area (TPSA) is 95.2 Å². The van der Waals surface area contributed by atoms with E-state index in [9.17, 15) is 14.4 Å².